The Balaban J connectivity index is 2.18. The smallest absolute Gasteiger partial charge is 0.123 e. The summed E-state index contributed by atoms with van der Waals surface area (Å²) in [5, 5.41) is 3.98. The lowest BCUT2D eigenvalue weighted by molar-refractivity contribution is 0.596. The lowest BCUT2D eigenvalue weighted by Crippen LogP contribution is -2.09. The summed E-state index contributed by atoms with van der Waals surface area (Å²) in [4.78, 5) is 0. The van der Waals surface area contributed by atoms with E-state index in [9.17, 15) is 4.39 Å². The number of rotatable bonds is 1. The van der Waals surface area contributed by atoms with Crippen LogP contribution in [-0.4, -0.2) is 4.62 Å². The van der Waals surface area contributed by atoms with Gasteiger partial charge < -0.3 is 5.43 Å². The number of benzene rings is 1. The maximum absolute atomic E-state index is 12.8. The van der Waals surface area contributed by atoms with Crippen LogP contribution in [0.2, 0.25) is 0 Å². The van der Waals surface area contributed by atoms with E-state index >= 15 is 0 Å². The molecule has 1 aromatic carbocycles. The largest absolute Gasteiger partial charge is 0.301 e. The first-order valence-electron chi connectivity index (χ1n) is 3.99. The predicted octanol–water partition coefficient (Wildman–Crippen LogP) is 2.57. The predicted molar refractivity (Wildman–Crippen MR) is 53.3 cm³/mol. The highest BCUT2D eigenvalue weighted by Gasteiger charge is 2.18. The number of halogens is 2. The summed E-state index contributed by atoms with van der Waals surface area (Å²) in [6.45, 7) is 0. The molecule has 1 heterocycles. The summed E-state index contributed by atoms with van der Waals surface area (Å²) in [5.74, 6) is -0.206. The van der Waals surface area contributed by atoms with Gasteiger partial charge in [-0.1, -0.05) is 12.1 Å². The zero-order valence-corrected chi connectivity index (χ0v) is 8.38. The summed E-state index contributed by atoms with van der Waals surface area (Å²) >= 11 is 3.29. The van der Waals surface area contributed by atoms with E-state index in [0.717, 1.165) is 16.6 Å². The maximum atomic E-state index is 12.8. The van der Waals surface area contributed by atoms with Gasteiger partial charge in [0.15, 0.2) is 0 Å². The number of hydrazone groups is 1. The van der Waals surface area contributed by atoms with Gasteiger partial charge in [-0.15, -0.1) is 0 Å². The molecular weight excluding hydrogens is 235 g/mol. The van der Waals surface area contributed by atoms with Crippen molar-refractivity contribution in [2.24, 2.45) is 5.10 Å². The van der Waals surface area contributed by atoms with E-state index in [-0.39, 0.29) is 11.9 Å². The molecule has 68 valence electrons. The second-order valence-corrected chi connectivity index (χ2v) is 3.84. The van der Waals surface area contributed by atoms with Gasteiger partial charge in [0.25, 0.3) is 0 Å². The molecule has 0 bridgehead atoms. The third-order valence-electron chi connectivity index (χ3n) is 1.97. The molecule has 4 heteroatoms. The first kappa shape index (κ1) is 8.69. The normalized spacial score (nSPS) is 21.1. The van der Waals surface area contributed by atoms with Crippen LogP contribution >= 0.6 is 15.9 Å². The van der Waals surface area contributed by atoms with Crippen LogP contribution in [0, 0.1) is 5.82 Å². The van der Waals surface area contributed by atoms with Gasteiger partial charge in [-0.3, -0.25) is 0 Å². The van der Waals surface area contributed by atoms with Crippen molar-refractivity contribution in [2.45, 2.75) is 12.5 Å². The van der Waals surface area contributed by atoms with Crippen LogP contribution in [0.3, 0.4) is 0 Å². The molecule has 0 amide bonds. The second-order valence-electron chi connectivity index (χ2n) is 2.93. The SMILES string of the molecule is Fc1cccc(C2CC(Br)=NN2)c1. The average Bonchev–Trinajstić information content (AvgIpc) is 2.52. The minimum Gasteiger partial charge on any atom is -0.301 e. The molecule has 1 N–H and O–H groups in total. The molecule has 1 aliphatic heterocycles. The van der Waals surface area contributed by atoms with E-state index in [1.807, 2.05) is 6.07 Å². The van der Waals surface area contributed by atoms with Crippen molar-refractivity contribution >= 4 is 20.6 Å². The zero-order chi connectivity index (χ0) is 9.26. The van der Waals surface area contributed by atoms with Gasteiger partial charge in [0.05, 0.1) is 6.04 Å². The number of hydrogen-bond acceptors (Lipinski definition) is 2. The van der Waals surface area contributed by atoms with Crippen molar-refractivity contribution in [3.05, 3.63) is 35.6 Å². The summed E-state index contributed by atoms with van der Waals surface area (Å²) in [6, 6.07) is 6.66. The summed E-state index contributed by atoms with van der Waals surface area (Å²) < 4.78 is 13.7. The van der Waals surface area contributed by atoms with Crippen LogP contribution in [0.15, 0.2) is 29.4 Å². The van der Waals surface area contributed by atoms with E-state index in [2.05, 4.69) is 26.5 Å². The zero-order valence-electron chi connectivity index (χ0n) is 6.80. The standard InChI is InChI=1S/C9H8BrFN2/c10-9-5-8(12-13-9)6-2-1-3-7(11)4-6/h1-4,8,12H,5H2. The van der Waals surface area contributed by atoms with Gasteiger partial charge in [-0.05, 0) is 33.6 Å². The minimum atomic E-state index is -0.206. The van der Waals surface area contributed by atoms with Crippen LogP contribution in [0.25, 0.3) is 0 Å². The van der Waals surface area contributed by atoms with E-state index in [4.69, 9.17) is 0 Å². The van der Waals surface area contributed by atoms with Crippen molar-refractivity contribution in [3.8, 4) is 0 Å². The van der Waals surface area contributed by atoms with Gasteiger partial charge in [0.1, 0.15) is 10.4 Å². The van der Waals surface area contributed by atoms with Crippen molar-refractivity contribution < 1.29 is 4.39 Å². The first-order chi connectivity index (χ1) is 6.25. The molecule has 2 nitrogen and oxygen atoms in total. The summed E-state index contributed by atoms with van der Waals surface area (Å²) in [7, 11) is 0. The molecule has 0 aromatic heterocycles. The van der Waals surface area contributed by atoms with Gasteiger partial charge in [0, 0.05) is 6.42 Å². The third kappa shape index (κ3) is 1.88. The average molecular weight is 243 g/mol. The molecular formula is C9H8BrFN2. The quantitative estimate of drug-likeness (QED) is 0.805. The Morgan fingerprint density at radius 1 is 1.54 bits per heavy atom. The Kier molecular flexibility index (Phi) is 2.31. The van der Waals surface area contributed by atoms with E-state index in [1.54, 1.807) is 6.07 Å². The second kappa shape index (κ2) is 3.46. The first-order valence-corrected chi connectivity index (χ1v) is 4.78. The molecule has 1 aromatic rings. The van der Waals surface area contributed by atoms with Crippen molar-refractivity contribution in [2.75, 3.05) is 0 Å². The highest BCUT2D eigenvalue weighted by Crippen LogP contribution is 2.23. The van der Waals surface area contributed by atoms with Crippen molar-refractivity contribution in [1.82, 2.24) is 5.43 Å². The fourth-order valence-corrected chi connectivity index (χ4v) is 1.75. The van der Waals surface area contributed by atoms with Gasteiger partial charge in [-0.25, -0.2) is 4.39 Å². The van der Waals surface area contributed by atoms with Gasteiger partial charge in [-0.2, -0.15) is 5.10 Å². The fraction of sp³-hybridized carbons (Fsp3) is 0.222. The highest BCUT2D eigenvalue weighted by atomic mass is 79.9. The highest BCUT2D eigenvalue weighted by molar-refractivity contribution is 9.18. The Morgan fingerprint density at radius 3 is 3.00 bits per heavy atom. The van der Waals surface area contributed by atoms with Crippen LogP contribution < -0.4 is 5.43 Å². The lowest BCUT2D eigenvalue weighted by Gasteiger charge is -2.08. The summed E-state index contributed by atoms with van der Waals surface area (Å²) in [6.07, 6.45) is 0.781. The minimum absolute atomic E-state index is 0.102. The fourth-order valence-electron chi connectivity index (χ4n) is 1.32. The molecule has 0 aliphatic carbocycles. The summed E-state index contributed by atoms with van der Waals surface area (Å²) in [5.41, 5.74) is 3.85. The van der Waals surface area contributed by atoms with Crippen LogP contribution in [0.4, 0.5) is 4.39 Å². The molecule has 0 spiro atoms. The van der Waals surface area contributed by atoms with E-state index in [0.29, 0.717) is 0 Å². The molecule has 1 atom stereocenters. The van der Waals surface area contributed by atoms with Crippen molar-refractivity contribution in [1.29, 1.82) is 0 Å². The monoisotopic (exact) mass is 242 g/mol. The molecule has 0 saturated carbocycles. The van der Waals surface area contributed by atoms with Gasteiger partial charge in [0.2, 0.25) is 0 Å². The molecule has 0 radical (unpaired) electrons. The third-order valence-corrected chi connectivity index (χ3v) is 2.47. The molecule has 13 heavy (non-hydrogen) atoms. The number of nitrogens with one attached hydrogen (secondary N) is 1. The maximum Gasteiger partial charge on any atom is 0.123 e. The van der Waals surface area contributed by atoms with Crippen LogP contribution in [0.5, 0.6) is 0 Å². The lowest BCUT2D eigenvalue weighted by atomic mass is 10.1. The Morgan fingerprint density at radius 2 is 2.38 bits per heavy atom. The molecule has 0 fully saturated rings. The topological polar surface area (TPSA) is 24.4 Å². The van der Waals surface area contributed by atoms with Crippen molar-refractivity contribution in [3.63, 3.8) is 0 Å². The molecule has 2 rings (SSSR count). The Hall–Kier alpha value is -0.900. The molecule has 1 aliphatic rings. The molecule has 0 saturated heterocycles. The number of nitrogens with zero attached hydrogens (tertiary/aromatic N) is 1. The number of hydrogen-bond donors (Lipinski definition) is 1. The van der Waals surface area contributed by atoms with E-state index < -0.39 is 0 Å². The van der Waals surface area contributed by atoms with Crippen LogP contribution in [-0.2, 0) is 0 Å². The Labute approximate surface area is 84.0 Å². The van der Waals surface area contributed by atoms with Crippen LogP contribution in [0.1, 0.15) is 18.0 Å². The van der Waals surface area contributed by atoms with Gasteiger partial charge >= 0.3 is 0 Å². The Bertz CT molecular complexity index is 351. The molecule has 1 unspecified atom stereocenters. The van der Waals surface area contributed by atoms with E-state index in [1.165, 1.54) is 12.1 Å².